The van der Waals surface area contributed by atoms with E-state index in [2.05, 4.69) is 5.32 Å². The van der Waals surface area contributed by atoms with Crippen molar-refractivity contribution in [3.8, 4) is 11.1 Å². The fourth-order valence-corrected chi connectivity index (χ4v) is 12.2. The summed E-state index contributed by atoms with van der Waals surface area (Å²) in [5.41, 5.74) is 3.66. The van der Waals surface area contributed by atoms with Gasteiger partial charge in [-0.15, -0.1) is 0 Å². The van der Waals surface area contributed by atoms with Crippen LogP contribution in [0.15, 0.2) is 261 Å². The van der Waals surface area contributed by atoms with E-state index in [4.69, 9.17) is 61.6 Å². The zero-order valence-corrected chi connectivity index (χ0v) is 55.9. The van der Waals surface area contributed by atoms with Crippen LogP contribution in [-0.4, -0.2) is 154 Å². The molecule has 104 heavy (non-hydrogen) atoms. The number of hydrogen-bond acceptors (Lipinski definition) is 22. The number of benzene rings is 9. The highest BCUT2D eigenvalue weighted by molar-refractivity contribution is 5.93. The summed E-state index contributed by atoms with van der Waals surface area (Å²) < 4.78 is 82.7. The molecule has 0 unspecified atom stereocenters. The molecule has 0 saturated carbocycles. The quantitative estimate of drug-likeness (QED) is 0.0411. The SMILES string of the molecule is COC(=O)[C@@H](NC(=O)OCC1c2ccccc2-c2ccccc21)[C@@H](C)O[C@@H]1O[C@H](COC(=O)c2ccccc2)[C@@H](O[C@@H]2O[C@H](COC(=O)c3ccccc3)[C@H](OC(=O)c3ccccc3)[C@H](OC(=O)c3ccccc3)[C@H]2OC(=O)c2ccccc2)[C@H](OC(=O)c2ccccc2)[C@H]1OC(=O)c1ccccc1. The number of nitrogens with one attached hydrogen (secondary N) is 1. The molecule has 3 aliphatic rings. The molecule has 1 aliphatic carbocycles. The van der Waals surface area contributed by atoms with Gasteiger partial charge in [0.1, 0.15) is 38.1 Å². The van der Waals surface area contributed by atoms with E-state index in [9.17, 15) is 38.4 Å². The van der Waals surface area contributed by atoms with E-state index in [-0.39, 0.29) is 45.6 Å². The molecule has 2 aliphatic heterocycles. The Balaban J connectivity index is 0.976. The van der Waals surface area contributed by atoms with Crippen LogP contribution in [0, 0.1) is 0 Å². The maximum absolute atomic E-state index is 15.1. The monoisotopic (exact) mass is 1410 g/mol. The van der Waals surface area contributed by atoms with Crippen molar-refractivity contribution in [2.75, 3.05) is 26.9 Å². The number of methoxy groups -OCH3 is 1. The van der Waals surface area contributed by atoms with Gasteiger partial charge in [0.25, 0.3) is 0 Å². The molecule has 12 rings (SSSR count). The van der Waals surface area contributed by atoms with Crippen molar-refractivity contribution in [2.45, 2.75) is 86.4 Å². The smallest absolute Gasteiger partial charge is 0.407 e. The summed E-state index contributed by atoms with van der Waals surface area (Å²) in [6.45, 7) is -0.501. The van der Waals surface area contributed by atoms with Crippen molar-refractivity contribution in [1.82, 2.24) is 5.32 Å². The van der Waals surface area contributed by atoms with E-state index >= 15 is 4.79 Å². The molecule has 0 spiro atoms. The Morgan fingerprint density at radius 1 is 0.346 bits per heavy atom. The van der Waals surface area contributed by atoms with Crippen molar-refractivity contribution in [3.05, 3.63) is 311 Å². The van der Waals surface area contributed by atoms with E-state index in [0.717, 1.165) is 29.4 Å². The average molecular weight is 1410 g/mol. The Morgan fingerprint density at radius 2 is 0.654 bits per heavy atom. The highest BCUT2D eigenvalue weighted by Crippen LogP contribution is 2.45. The first kappa shape index (κ1) is 71.7. The summed E-state index contributed by atoms with van der Waals surface area (Å²) in [6, 6.07) is 67.2. The molecule has 0 radical (unpaired) electrons. The van der Waals surface area contributed by atoms with Crippen LogP contribution in [0.1, 0.15) is 96.5 Å². The van der Waals surface area contributed by atoms with E-state index in [1.165, 1.54) is 91.9 Å². The van der Waals surface area contributed by atoms with Crippen LogP contribution >= 0.6 is 0 Å². The molecule has 1 amide bonds. The number of amides is 1. The lowest BCUT2D eigenvalue weighted by Crippen LogP contribution is -2.68. The summed E-state index contributed by atoms with van der Waals surface area (Å²) >= 11 is 0. The second-order valence-corrected chi connectivity index (χ2v) is 24.1. The normalized spacial score (nSPS) is 20.8. The molecule has 1 N–H and O–H groups in total. The van der Waals surface area contributed by atoms with Gasteiger partial charge < -0.3 is 66.9 Å². The van der Waals surface area contributed by atoms with Crippen LogP contribution in [0.3, 0.4) is 0 Å². The number of ether oxygens (including phenoxy) is 13. The van der Waals surface area contributed by atoms with Crippen molar-refractivity contribution < 1.29 is 105 Å². The highest BCUT2D eigenvalue weighted by Gasteiger charge is 2.59. The Morgan fingerprint density at radius 3 is 1.04 bits per heavy atom. The fraction of sp³-hybridized carbons (Fsp3) is 0.222. The molecule has 23 nitrogen and oxygen atoms in total. The molecule has 9 aromatic carbocycles. The van der Waals surface area contributed by atoms with Crippen molar-refractivity contribution >= 4 is 53.8 Å². The first-order valence-electron chi connectivity index (χ1n) is 33.2. The van der Waals surface area contributed by atoms with Crippen LogP contribution in [0.2, 0.25) is 0 Å². The zero-order chi connectivity index (χ0) is 72.5. The van der Waals surface area contributed by atoms with Crippen LogP contribution in [0.4, 0.5) is 4.79 Å². The number of hydrogen-bond donors (Lipinski definition) is 1. The minimum Gasteiger partial charge on any atom is -0.467 e. The van der Waals surface area contributed by atoms with Gasteiger partial charge in [0.2, 0.25) is 0 Å². The van der Waals surface area contributed by atoms with E-state index in [1.54, 1.807) is 127 Å². The minimum absolute atomic E-state index is 0.000272. The third kappa shape index (κ3) is 17.2. The van der Waals surface area contributed by atoms with Crippen LogP contribution in [-0.2, 0) is 66.4 Å². The lowest BCUT2D eigenvalue weighted by Gasteiger charge is -2.49. The molecule has 0 bridgehead atoms. The molecule has 2 saturated heterocycles. The lowest BCUT2D eigenvalue weighted by atomic mass is 9.95. The van der Waals surface area contributed by atoms with E-state index < -0.39 is 147 Å². The molecule has 12 atom stereocenters. The molecular formula is C81H69NO22. The maximum Gasteiger partial charge on any atom is 0.407 e. The highest BCUT2D eigenvalue weighted by atomic mass is 16.8. The van der Waals surface area contributed by atoms with Crippen LogP contribution in [0.25, 0.3) is 11.1 Å². The van der Waals surface area contributed by atoms with Gasteiger partial charge in [-0.25, -0.2) is 43.2 Å². The molecule has 2 fully saturated rings. The van der Waals surface area contributed by atoms with Gasteiger partial charge in [-0.05, 0) is 114 Å². The molecule has 9 aromatic rings. The third-order valence-corrected chi connectivity index (χ3v) is 17.4. The molecular weight excluding hydrogens is 1340 g/mol. The van der Waals surface area contributed by atoms with Gasteiger partial charge in [-0.2, -0.15) is 0 Å². The van der Waals surface area contributed by atoms with Gasteiger partial charge in [0.05, 0.1) is 52.2 Å². The molecule has 2 heterocycles. The predicted octanol–water partition coefficient (Wildman–Crippen LogP) is 11.1. The fourth-order valence-electron chi connectivity index (χ4n) is 12.2. The standard InChI is InChI=1S/C81H69NO22/c1-49(64(78(90)92-2)82-81(91)95-46-61-59-44-26-24-42-57(59)58-43-25-27-45-60(58)61)96-79-69(102-76(88)55-38-20-8-21-39-55)68(101-75(87)54-36-18-7-19-37-54)66(63(97-79)48-94-72(84)51-30-12-4-13-31-51)104-80-70(103-77(89)56-40-22-9-23-41-56)67(100-74(86)53-34-16-6-17-35-53)65(99-73(85)52-32-14-5-15-33-52)62(98-80)47-93-71(83)50-28-10-3-11-29-50/h3-45,49,61-70,79-80H,46-48H2,1-2H3,(H,82,91)/t49-,62-,63-,64+,65+,66-,67+,68+,69-,70-,79-,80+/m1/s1. The maximum atomic E-state index is 15.1. The van der Waals surface area contributed by atoms with Crippen molar-refractivity contribution in [3.63, 3.8) is 0 Å². The van der Waals surface area contributed by atoms with Gasteiger partial charge in [0.15, 0.2) is 49.1 Å². The van der Waals surface area contributed by atoms with Crippen molar-refractivity contribution in [1.29, 1.82) is 0 Å². The largest absolute Gasteiger partial charge is 0.467 e. The second-order valence-electron chi connectivity index (χ2n) is 24.1. The number of esters is 8. The molecule has 530 valence electrons. The number of alkyl carbamates (subject to hydrolysis) is 1. The summed E-state index contributed by atoms with van der Waals surface area (Å²) in [5, 5.41) is 2.56. The number of carbonyl (C=O) groups excluding carboxylic acids is 9. The second kappa shape index (κ2) is 34.0. The number of rotatable bonds is 25. The zero-order valence-electron chi connectivity index (χ0n) is 55.9. The third-order valence-electron chi connectivity index (χ3n) is 17.4. The van der Waals surface area contributed by atoms with Gasteiger partial charge in [-0.1, -0.05) is 176 Å². The predicted molar refractivity (Wildman–Crippen MR) is 368 cm³/mol. The van der Waals surface area contributed by atoms with E-state index in [0.29, 0.717) is 0 Å². The van der Waals surface area contributed by atoms with Crippen LogP contribution in [0.5, 0.6) is 0 Å². The number of fused-ring (bicyclic) bond motifs is 3. The summed E-state index contributed by atoms with van der Waals surface area (Å²) in [4.78, 5) is 131. The topological polar surface area (TPSA) is 286 Å². The first-order valence-corrected chi connectivity index (χ1v) is 33.2. The Kier molecular flexibility index (Phi) is 23.4. The van der Waals surface area contributed by atoms with Crippen molar-refractivity contribution in [2.24, 2.45) is 0 Å². The summed E-state index contributed by atoms with van der Waals surface area (Å²) in [5.74, 6) is -8.57. The van der Waals surface area contributed by atoms with Gasteiger partial charge in [0, 0.05) is 5.92 Å². The summed E-state index contributed by atoms with van der Waals surface area (Å²) in [7, 11) is 1.07. The first-order chi connectivity index (χ1) is 50.7. The minimum atomic E-state index is -2.20. The molecule has 23 heteroatoms. The Bertz CT molecular complexity index is 4410. The molecule has 0 aromatic heterocycles. The lowest BCUT2D eigenvalue weighted by molar-refractivity contribution is -0.359. The Hall–Kier alpha value is -12.2. The number of carbonyl (C=O) groups is 9. The Labute approximate surface area is 596 Å². The van der Waals surface area contributed by atoms with Gasteiger partial charge in [-0.3, -0.25) is 0 Å². The van der Waals surface area contributed by atoms with Gasteiger partial charge >= 0.3 is 53.8 Å². The van der Waals surface area contributed by atoms with Crippen LogP contribution < -0.4 is 5.32 Å². The summed E-state index contributed by atoms with van der Waals surface area (Å²) in [6.07, 6.45) is -22.7. The van der Waals surface area contributed by atoms with E-state index in [1.807, 2.05) is 48.5 Å². The average Bonchev–Trinajstić information content (AvgIpc) is 0.847.